The van der Waals surface area contributed by atoms with Gasteiger partial charge in [-0.2, -0.15) is 0 Å². The van der Waals surface area contributed by atoms with Crippen molar-refractivity contribution in [1.29, 1.82) is 0 Å². The van der Waals surface area contributed by atoms with E-state index >= 15 is 0 Å². The van der Waals surface area contributed by atoms with E-state index in [9.17, 15) is 4.79 Å². The van der Waals surface area contributed by atoms with Crippen LogP contribution in [0.15, 0.2) is 23.6 Å². The quantitative estimate of drug-likeness (QED) is 0.910. The molecule has 0 spiro atoms. The number of nitrogens with two attached hydrogens (primary N) is 1. The van der Waals surface area contributed by atoms with E-state index in [-0.39, 0.29) is 11.9 Å². The SMILES string of the molecule is CC(NC(=O)c1csc(N)n1)c1ccc(Cl)c(Cl)c1. The van der Waals surface area contributed by atoms with Crippen molar-refractivity contribution in [2.45, 2.75) is 13.0 Å². The highest BCUT2D eigenvalue weighted by Gasteiger charge is 2.14. The molecule has 3 N–H and O–H groups in total. The van der Waals surface area contributed by atoms with Gasteiger partial charge in [-0.1, -0.05) is 29.3 Å². The third-order valence-electron chi connectivity index (χ3n) is 2.55. The maximum Gasteiger partial charge on any atom is 0.271 e. The standard InChI is InChI=1S/C12H11Cl2N3OS/c1-6(7-2-3-8(13)9(14)4-7)16-11(18)10-5-19-12(15)17-10/h2-6H,1H3,(H2,15,17)(H,16,18). The van der Waals surface area contributed by atoms with Gasteiger partial charge in [0.2, 0.25) is 0 Å². The number of benzene rings is 1. The molecule has 1 aromatic carbocycles. The fourth-order valence-electron chi connectivity index (χ4n) is 1.53. The molecule has 0 saturated heterocycles. The summed E-state index contributed by atoms with van der Waals surface area (Å²) >= 11 is 13.0. The van der Waals surface area contributed by atoms with Crippen LogP contribution in [0, 0.1) is 0 Å². The number of amides is 1. The maximum atomic E-state index is 11.9. The van der Waals surface area contributed by atoms with E-state index in [0.29, 0.717) is 20.9 Å². The van der Waals surface area contributed by atoms with Crippen molar-refractivity contribution in [2.75, 3.05) is 5.73 Å². The minimum absolute atomic E-state index is 0.204. The van der Waals surface area contributed by atoms with Crippen LogP contribution in [0.3, 0.4) is 0 Å². The summed E-state index contributed by atoms with van der Waals surface area (Å²) in [6.45, 7) is 1.85. The van der Waals surface area contributed by atoms with Gasteiger partial charge in [0.1, 0.15) is 5.69 Å². The van der Waals surface area contributed by atoms with Gasteiger partial charge in [-0.15, -0.1) is 11.3 Å². The number of anilines is 1. The number of carbonyl (C=O) groups is 1. The van der Waals surface area contributed by atoms with Crippen LogP contribution in [0.25, 0.3) is 0 Å². The highest BCUT2D eigenvalue weighted by atomic mass is 35.5. The van der Waals surface area contributed by atoms with Gasteiger partial charge in [-0.25, -0.2) is 4.98 Å². The molecule has 0 fully saturated rings. The number of aromatic nitrogens is 1. The second-order valence-electron chi connectivity index (χ2n) is 3.94. The number of hydrogen-bond donors (Lipinski definition) is 2. The molecule has 0 aliphatic carbocycles. The Balaban J connectivity index is 2.10. The van der Waals surface area contributed by atoms with E-state index < -0.39 is 0 Å². The second kappa shape index (κ2) is 5.77. The van der Waals surface area contributed by atoms with Gasteiger partial charge in [0.15, 0.2) is 5.13 Å². The van der Waals surface area contributed by atoms with Gasteiger partial charge in [0, 0.05) is 5.38 Å². The topological polar surface area (TPSA) is 68.0 Å². The van der Waals surface area contributed by atoms with E-state index in [1.165, 1.54) is 11.3 Å². The van der Waals surface area contributed by atoms with Crippen LogP contribution < -0.4 is 11.1 Å². The van der Waals surface area contributed by atoms with Gasteiger partial charge in [0.25, 0.3) is 5.91 Å². The highest BCUT2D eigenvalue weighted by Crippen LogP contribution is 2.25. The molecule has 0 bridgehead atoms. The van der Waals surface area contributed by atoms with Crippen LogP contribution in [-0.4, -0.2) is 10.9 Å². The number of nitrogen functional groups attached to an aromatic ring is 1. The van der Waals surface area contributed by atoms with Gasteiger partial charge in [0.05, 0.1) is 16.1 Å². The summed E-state index contributed by atoms with van der Waals surface area (Å²) in [5.41, 5.74) is 6.67. The average Bonchev–Trinajstić information content (AvgIpc) is 2.79. The van der Waals surface area contributed by atoms with Crippen LogP contribution >= 0.6 is 34.5 Å². The lowest BCUT2D eigenvalue weighted by molar-refractivity contribution is 0.0935. The third-order valence-corrected chi connectivity index (χ3v) is 3.96. The Morgan fingerprint density at radius 2 is 2.16 bits per heavy atom. The number of hydrogen-bond acceptors (Lipinski definition) is 4. The van der Waals surface area contributed by atoms with Crippen molar-refractivity contribution >= 4 is 45.6 Å². The number of thiazole rings is 1. The van der Waals surface area contributed by atoms with Crippen molar-refractivity contribution in [3.8, 4) is 0 Å². The number of carbonyl (C=O) groups excluding carboxylic acids is 1. The number of halogens is 2. The van der Waals surface area contributed by atoms with Crippen molar-refractivity contribution in [3.63, 3.8) is 0 Å². The monoisotopic (exact) mass is 315 g/mol. The van der Waals surface area contributed by atoms with Crippen molar-refractivity contribution < 1.29 is 4.79 Å². The minimum atomic E-state index is -0.272. The van der Waals surface area contributed by atoms with E-state index in [0.717, 1.165) is 5.56 Å². The molecule has 100 valence electrons. The molecule has 1 heterocycles. The largest absolute Gasteiger partial charge is 0.375 e. The summed E-state index contributed by atoms with van der Waals surface area (Å²) in [5.74, 6) is -0.272. The van der Waals surface area contributed by atoms with E-state index in [2.05, 4.69) is 10.3 Å². The Morgan fingerprint density at radius 1 is 1.42 bits per heavy atom. The van der Waals surface area contributed by atoms with Gasteiger partial charge < -0.3 is 11.1 Å². The first-order chi connectivity index (χ1) is 8.97. The number of nitrogens with zero attached hydrogens (tertiary/aromatic N) is 1. The van der Waals surface area contributed by atoms with Gasteiger partial charge in [-0.05, 0) is 24.6 Å². The van der Waals surface area contributed by atoms with E-state index in [1.54, 1.807) is 17.5 Å². The average molecular weight is 316 g/mol. The fourth-order valence-corrected chi connectivity index (χ4v) is 2.38. The molecule has 1 atom stereocenters. The van der Waals surface area contributed by atoms with E-state index in [4.69, 9.17) is 28.9 Å². The van der Waals surface area contributed by atoms with Crippen LogP contribution in [0.4, 0.5) is 5.13 Å². The Hall–Kier alpha value is -1.30. The molecule has 1 aromatic heterocycles. The number of nitrogens with one attached hydrogen (secondary N) is 1. The molecule has 2 rings (SSSR count). The Bertz CT molecular complexity index is 615. The molecule has 0 radical (unpaired) electrons. The van der Waals surface area contributed by atoms with Crippen molar-refractivity contribution in [2.24, 2.45) is 0 Å². The van der Waals surface area contributed by atoms with Crippen LogP contribution in [-0.2, 0) is 0 Å². The van der Waals surface area contributed by atoms with Gasteiger partial charge >= 0.3 is 0 Å². The first-order valence-corrected chi connectivity index (χ1v) is 7.07. The molecule has 0 saturated carbocycles. The van der Waals surface area contributed by atoms with E-state index in [1.807, 2.05) is 13.0 Å². The second-order valence-corrected chi connectivity index (χ2v) is 5.64. The molecule has 19 heavy (non-hydrogen) atoms. The molecule has 1 amide bonds. The molecular formula is C12H11Cl2N3OS. The Morgan fingerprint density at radius 3 is 2.74 bits per heavy atom. The first-order valence-electron chi connectivity index (χ1n) is 5.44. The molecule has 7 heteroatoms. The third kappa shape index (κ3) is 3.37. The highest BCUT2D eigenvalue weighted by molar-refractivity contribution is 7.13. The predicted octanol–water partition coefficient (Wildman–Crippen LogP) is 3.52. The molecule has 0 aliphatic rings. The lowest BCUT2D eigenvalue weighted by Gasteiger charge is -2.14. The Kier molecular flexibility index (Phi) is 4.29. The minimum Gasteiger partial charge on any atom is -0.375 e. The predicted molar refractivity (Wildman–Crippen MR) is 78.9 cm³/mol. The Labute approximate surface area is 124 Å². The lowest BCUT2D eigenvalue weighted by Crippen LogP contribution is -2.26. The maximum absolute atomic E-state index is 11.9. The summed E-state index contributed by atoms with van der Waals surface area (Å²) in [5, 5.41) is 5.74. The van der Waals surface area contributed by atoms with Crippen LogP contribution in [0.5, 0.6) is 0 Å². The zero-order valence-corrected chi connectivity index (χ0v) is 12.3. The summed E-state index contributed by atoms with van der Waals surface area (Å²) in [4.78, 5) is 15.8. The summed E-state index contributed by atoms with van der Waals surface area (Å²) in [6.07, 6.45) is 0. The van der Waals surface area contributed by atoms with Crippen LogP contribution in [0.1, 0.15) is 29.0 Å². The smallest absolute Gasteiger partial charge is 0.271 e. The zero-order chi connectivity index (χ0) is 14.0. The number of rotatable bonds is 3. The fraction of sp³-hybridized carbons (Fsp3) is 0.167. The lowest BCUT2D eigenvalue weighted by atomic mass is 10.1. The zero-order valence-electron chi connectivity index (χ0n) is 9.98. The van der Waals surface area contributed by atoms with Crippen molar-refractivity contribution in [1.82, 2.24) is 10.3 Å². The summed E-state index contributed by atoms with van der Waals surface area (Å²) in [6, 6.07) is 5.03. The summed E-state index contributed by atoms with van der Waals surface area (Å²) in [7, 11) is 0. The van der Waals surface area contributed by atoms with Crippen LogP contribution in [0.2, 0.25) is 10.0 Å². The molecule has 0 aliphatic heterocycles. The molecular weight excluding hydrogens is 305 g/mol. The molecule has 2 aromatic rings. The molecule has 4 nitrogen and oxygen atoms in total. The first kappa shape index (κ1) is 14.1. The van der Waals surface area contributed by atoms with Crippen molar-refractivity contribution in [3.05, 3.63) is 44.9 Å². The normalized spacial score (nSPS) is 12.2. The summed E-state index contributed by atoms with van der Waals surface area (Å²) < 4.78 is 0. The molecule has 1 unspecified atom stereocenters. The van der Waals surface area contributed by atoms with Gasteiger partial charge in [-0.3, -0.25) is 4.79 Å².